The Morgan fingerprint density at radius 2 is 1.61 bits per heavy atom. The van der Waals surface area contributed by atoms with Crippen LogP contribution in [0.2, 0.25) is 0 Å². The molecular formula is C10H20F3NO4. The van der Waals surface area contributed by atoms with E-state index in [2.05, 4.69) is 5.32 Å². The van der Waals surface area contributed by atoms with E-state index >= 15 is 0 Å². The summed E-state index contributed by atoms with van der Waals surface area (Å²) in [5, 5.41) is 11.1. The fourth-order valence-corrected chi connectivity index (χ4v) is 0.963. The maximum absolute atomic E-state index is 11.9. The van der Waals surface area contributed by atoms with E-state index in [4.69, 9.17) is 19.3 Å². The number of methoxy groups -OCH3 is 1. The summed E-state index contributed by atoms with van der Waals surface area (Å²) < 4.78 is 50.6. The highest BCUT2D eigenvalue weighted by Gasteiger charge is 2.37. The first kappa shape index (κ1) is 17.6. The molecule has 8 heteroatoms. The number of aliphatic hydroxyl groups excluding tert-OH is 1. The second-order valence-electron chi connectivity index (χ2n) is 3.48. The van der Waals surface area contributed by atoms with Gasteiger partial charge in [-0.25, -0.2) is 0 Å². The summed E-state index contributed by atoms with van der Waals surface area (Å²) >= 11 is 0. The van der Waals surface area contributed by atoms with E-state index in [1.54, 1.807) is 7.11 Å². The smallest absolute Gasteiger partial charge is 0.382 e. The molecule has 5 nitrogen and oxygen atoms in total. The zero-order valence-electron chi connectivity index (χ0n) is 10.3. The summed E-state index contributed by atoms with van der Waals surface area (Å²) in [6, 6.07) is 0. The summed E-state index contributed by atoms with van der Waals surface area (Å²) in [6.07, 6.45) is -6.92. The molecule has 0 fully saturated rings. The minimum Gasteiger partial charge on any atom is -0.382 e. The summed E-state index contributed by atoms with van der Waals surface area (Å²) in [5.74, 6) is 0. The molecule has 0 aromatic carbocycles. The van der Waals surface area contributed by atoms with Crippen LogP contribution < -0.4 is 5.32 Å². The van der Waals surface area contributed by atoms with Crippen LogP contribution in [0.25, 0.3) is 0 Å². The van der Waals surface area contributed by atoms with Gasteiger partial charge >= 0.3 is 6.18 Å². The molecule has 110 valence electrons. The first-order valence-corrected chi connectivity index (χ1v) is 5.58. The molecule has 0 heterocycles. The van der Waals surface area contributed by atoms with Gasteiger partial charge in [0.05, 0.1) is 33.0 Å². The molecule has 2 N–H and O–H groups in total. The zero-order chi connectivity index (χ0) is 13.9. The molecule has 0 aliphatic carbocycles. The van der Waals surface area contributed by atoms with Crippen molar-refractivity contribution < 1.29 is 32.5 Å². The Labute approximate surface area is 104 Å². The van der Waals surface area contributed by atoms with Crippen molar-refractivity contribution in [1.82, 2.24) is 5.32 Å². The van der Waals surface area contributed by atoms with Crippen molar-refractivity contribution in [3.05, 3.63) is 0 Å². The van der Waals surface area contributed by atoms with Crippen molar-refractivity contribution in [2.75, 3.05) is 53.2 Å². The van der Waals surface area contributed by atoms with E-state index in [1.165, 1.54) is 0 Å². The fourth-order valence-electron chi connectivity index (χ4n) is 0.963. The van der Waals surface area contributed by atoms with Crippen LogP contribution in [0.4, 0.5) is 13.2 Å². The summed E-state index contributed by atoms with van der Waals surface area (Å²) in [7, 11) is 1.57. The Balaban J connectivity index is 3.17. The zero-order valence-corrected chi connectivity index (χ0v) is 10.3. The maximum Gasteiger partial charge on any atom is 0.415 e. The van der Waals surface area contributed by atoms with Gasteiger partial charge in [0.2, 0.25) is 0 Å². The van der Waals surface area contributed by atoms with Gasteiger partial charge in [0.15, 0.2) is 6.10 Å². The summed E-state index contributed by atoms with van der Waals surface area (Å²) in [4.78, 5) is 0. The number of ether oxygens (including phenoxy) is 3. The second kappa shape index (κ2) is 10.5. The second-order valence-corrected chi connectivity index (χ2v) is 3.48. The molecule has 0 radical (unpaired) electrons. The van der Waals surface area contributed by atoms with E-state index in [0.29, 0.717) is 26.4 Å². The van der Waals surface area contributed by atoms with Crippen LogP contribution in [0.1, 0.15) is 0 Å². The Hall–Kier alpha value is -0.410. The summed E-state index contributed by atoms with van der Waals surface area (Å²) in [6.45, 7) is 1.75. The molecule has 0 aliphatic rings. The van der Waals surface area contributed by atoms with Crippen LogP contribution in [0, 0.1) is 0 Å². The third-order valence-electron chi connectivity index (χ3n) is 1.94. The number of rotatable bonds is 11. The lowest BCUT2D eigenvalue weighted by molar-refractivity contribution is -0.201. The third kappa shape index (κ3) is 10.7. The standard InChI is InChI=1S/C10H20F3NO4/c1-16-4-5-18-7-6-17-3-2-14-8-9(15)10(11,12)13/h9,14-15H,2-8H2,1H3. The van der Waals surface area contributed by atoms with Crippen molar-refractivity contribution in [2.24, 2.45) is 0 Å². The molecule has 18 heavy (non-hydrogen) atoms. The van der Waals surface area contributed by atoms with Crippen molar-refractivity contribution in [3.8, 4) is 0 Å². The number of halogens is 3. The number of hydrogen-bond acceptors (Lipinski definition) is 5. The van der Waals surface area contributed by atoms with Crippen molar-refractivity contribution in [2.45, 2.75) is 12.3 Å². The number of hydrogen-bond donors (Lipinski definition) is 2. The van der Waals surface area contributed by atoms with Crippen LogP contribution >= 0.6 is 0 Å². The number of aliphatic hydroxyl groups is 1. The van der Waals surface area contributed by atoms with Crippen molar-refractivity contribution >= 4 is 0 Å². The summed E-state index contributed by atoms with van der Waals surface area (Å²) in [5.41, 5.74) is 0. The average molecular weight is 275 g/mol. The molecule has 0 bridgehead atoms. The monoisotopic (exact) mass is 275 g/mol. The molecule has 0 spiro atoms. The van der Waals surface area contributed by atoms with E-state index < -0.39 is 18.8 Å². The predicted molar refractivity (Wildman–Crippen MR) is 58.4 cm³/mol. The van der Waals surface area contributed by atoms with Gasteiger partial charge in [0.25, 0.3) is 0 Å². The van der Waals surface area contributed by atoms with Gasteiger partial charge in [-0.05, 0) is 0 Å². The third-order valence-corrected chi connectivity index (χ3v) is 1.94. The van der Waals surface area contributed by atoms with E-state index in [9.17, 15) is 13.2 Å². The molecule has 1 atom stereocenters. The van der Waals surface area contributed by atoms with E-state index in [-0.39, 0.29) is 13.2 Å². The quantitative estimate of drug-likeness (QED) is 0.527. The van der Waals surface area contributed by atoms with Crippen LogP contribution in [0.15, 0.2) is 0 Å². The van der Waals surface area contributed by atoms with Gasteiger partial charge in [0.1, 0.15) is 0 Å². The molecule has 0 saturated carbocycles. The normalized spacial score (nSPS) is 13.8. The first-order chi connectivity index (χ1) is 8.48. The van der Waals surface area contributed by atoms with Gasteiger partial charge in [-0.15, -0.1) is 0 Å². The average Bonchev–Trinajstić information content (AvgIpc) is 2.30. The molecule has 0 amide bonds. The van der Waals surface area contributed by atoms with Crippen molar-refractivity contribution in [1.29, 1.82) is 0 Å². The minimum atomic E-state index is -4.58. The van der Waals surface area contributed by atoms with Crippen LogP contribution in [0.3, 0.4) is 0 Å². The Kier molecular flexibility index (Phi) is 10.3. The fraction of sp³-hybridized carbons (Fsp3) is 1.00. The molecule has 0 aliphatic heterocycles. The first-order valence-electron chi connectivity index (χ1n) is 5.58. The topological polar surface area (TPSA) is 60.0 Å². The highest BCUT2D eigenvalue weighted by atomic mass is 19.4. The lowest BCUT2D eigenvalue weighted by Gasteiger charge is -2.14. The van der Waals surface area contributed by atoms with Crippen LogP contribution in [-0.2, 0) is 14.2 Å². The van der Waals surface area contributed by atoms with Crippen molar-refractivity contribution in [3.63, 3.8) is 0 Å². The minimum absolute atomic E-state index is 0.241. The van der Waals surface area contributed by atoms with Gasteiger partial charge < -0.3 is 24.6 Å². The van der Waals surface area contributed by atoms with Gasteiger partial charge in [-0.1, -0.05) is 0 Å². The molecule has 0 saturated heterocycles. The van der Waals surface area contributed by atoms with Gasteiger partial charge in [-0.2, -0.15) is 13.2 Å². The Morgan fingerprint density at radius 3 is 2.17 bits per heavy atom. The molecular weight excluding hydrogens is 255 g/mol. The molecule has 1 unspecified atom stereocenters. The lowest BCUT2D eigenvalue weighted by Crippen LogP contribution is -2.39. The maximum atomic E-state index is 11.9. The largest absolute Gasteiger partial charge is 0.415 e. The van der Waals surface area contributed by atoms with E-state index in [1.807, 2.05) is 0 Å². The Morgan fingerprint density at radius 1 is 1.06 bits per heavy atom. The highest BCUT2D eigenvalue weighted by Crippen LogP contribution is 2.18. The van der Waals surface area contributed by atoms with E-state index in [0.717, 1.165) is 0 Å². The molecule has 0 aromatic rings. The number of alkyl halides is 3. The SMILES string of the molecule is COCCOCCOCCNCC(O)C(F)(F)F. The van der Waals surface area contributed by atoms with Gasteiger partial charge in [0, 0.05) is 20.2 Å². The van der Waals surface area contributed by atoms with Gasteiger partial charge in [-0.3, -0.25) is 0 Å². The molecule has 0 aromatic heterocycles. The van der Waals surface area contributed by atoms with Crippen LogP contribution in [-0.4, -0.2) is 70.6 Å². The lowest BCUT2D eigenvalue weighted by atomic mass is 10.3. The Bertz CT molecular complexity index is 192. The molecule has 0 rings (SSSR count). The highest BCUT2D eigenvalue weighted by molar-refractivity contribution is 4.67. The van der Waals surface area contributed by atoms with Crippen LogP contribution in [0.5, 0.6) is 0 Å². The predicted octanol–water partition coefficient (Wildman–Crippen LogP) is 0.179. The number of nitrogens with one attached hydrogen (secondary N) is 1.